The number of hydrogen-bond acceptors (Lipinski definition) is 5. The van der Waals surface area contributed by atoms with Crippen molar-refractivity contribution >= 4 is 17.7 Å². The summed E-state index contributed by atoms with van der Waals surface area (Å²) in [6, 6.07) is 8.17. The average molecular weight is 542 g/mol. The number of carboxylic acids is 1. The monoisotopic (exact) mass is 542 g/mol. The Morgan fingerprint density at radius 2 is 1.68 bits per heavy atom. The molecule has 1 aromatic heterocycles. The number of aromatic nitrogens is 2. The van der Waals surface area contributed by atoms with Gasteiger partial charge >= 0.3 is 18.3 Å². The molecule has 4 rings (SSSR count). The summed E-state index contributed by atoms with van der Waals surface area (Å²) in [5.74, 6) is -2.65. The molecule has 1 amide bonds. The highest BCUT2D eigenvalue weighted by molar-refractivity contribution is 6.01. The largest absolute Gasteiger partial charge is 0.478 e. The van der Waals surface area contributed by atoms with Crippen molar-refractivity contribution in [2.75, 3.05) is 18.1 Å². The van der Waals surface area contributed by atoms with Crippen LogP contribution in [0.1, 0.15) is 49.1 Å². The van der Waals surface area contributed by atoms with E-state index in [4.69, 9.17) is 5.11 Å². The summed E-state index contributed by atoms with van der Waals surface area (Å²) in [6.45, 7) is -0.869. The second kappa shape index (κ2) is 10.0. The fourth-order valence-electron chi connectivity index (χ4n) is 4.20. The molecule has 0 aliphatic carbocycles. The second-order valence-electron chi connectivity index (χ2n) is 8.52. The van der Waals surface area contributed by atoms with Crippen LogP contribution in [0.15, 0.2) is 48.5 Å². The number of nitrogens with zero attached hydrogens (tertiary/aromatic N) is 3. The number of amides is 1. The van der Waals surface area contributed by atoms with Gasteiger partial charge in [-0.05, 0) is 35.4 Å². The van der Waals surface area contributed by atoms with Crippen LogP contribution in [-0.4, -0.2) is 45.0 Å². The molecule has 38 heavy (non-hydrogen) atoms. The predicted octanol–water partition coefficient (Wildman–Crippen LogP) is 4.10. The van der Waals surface area contributed by atoms with Gasteiger partial charge in [0.2, 0.25) is 0 Å². The number of hydrogen-bond donors (Lipinski definition) is 3. The number of aromatic carboxylic acids is 1. The van der Waals surface area contributed by atoms with Gasteiger partial charge in [0.15, 0.2) is 5.69 Å². The summed E-state index contributed by atoms with van der Waals surface area (Å²) in [5, 5.41) is 24.7. The maximum absolute atomic E-state index is 13.9. The zero-order valence-corrected chi connectivity index (χ0v) is 19.3. The third kappa shape index (κ3) is 5.44. The normalized spacial score (nSPS) is 14.3. The lowest BCUT2D eigenvalue weighted by Gasteiger charge is -2.22. The van der Waals surface area contributed by atoms with Gasteiger partial charge in [-0.15, -0.1) is 0 Å². The van der Waals surface area contributed by atoms with Crippen LogP contribution >= 0.6 is 0 Å². The summed E-state index contributed by atoms with van der Waals surface area (Å²) in [5.41, 5.74) is -2.89. The number of anilines is 1. The number of carbonyl (C=O) groups excluding carboxylic acids is 1. The number of fused-ring (bicyclic) bond motifs is 1. The maximum Gasteiger partial charge on any atom is 0.436 e. The zero-order chi connectivity index (χ0) is 27.8. The lowest BCUT2D eigenvalue weighted by atomic mass is 10.0. The van der Waals surface area contributed by atoms with Crippen LogP contribution in [0.2, 0.25) is 0 Å². The quantitative estimate of drug-likeness (QED) is 0.388. The summed E-state index contributed by atoms with van der Waals surface area (Å²) >= 11 is 0. The van der Waals surface area contributed by atoms with Gasteiger partial charge in [-0.25, -0.2) is 9.48 Å². The zero-order valence-electron chi connectivity index (χ0n) is 19.3. The van der Waals surface area contributed by atoms with Gasteiger partial charge in [-0.2, -0.15) is 31.4 Å². The summed E-state index contributed by atoms with van der Waals surface area (Å²) in [7, 11) is 0. The van der Waals surface area contributed by atoms with Crippen LogP contribution in [0.5, 0.6) is 0 Å². The Morgan fingerprint density at radius 3 is 2.26 bits per heavy atom. The van der Waals surface area contributed by atoms with Gasteiger partial charge < -0.3 is 20.4 Å². The van der Waals surface area contributed by atoms with Crippen LogP contribution in [0.25, 0.3) is 0 Å². The molecule has 0 saturated carbocycles. The molecule has 2 aromatic carbocycles. The lowest BCUT2D eigenvalue weighted by molar-refractivity contribution is -0.142. The molecule has 1 unspecified atom stereocenters. The van der Waals surface area contributed by atoms with E-state index in [1.54, 1.807) is 0 Å². The van der Waals surface area contributed by atoms with E-state index >= 15 is 0 Å². The molecule has 3 aromatic rings. The third-order valence-electron chi connectivity index (χ3n) is 5.98. The van der Waals surface area contributed by atoms with Gasteiger partial charge in [-0.3, -0.25) is 4.79 Å². The number of rotatable bonds is 7. The van der Waals surface area contributed by atoms with E-state index in [1.807, 2.05) is 0 Å². The van der Waals surface area contributed by atoms with E-state index in [2.05, 4.69) is 10.4 Å². The molecule has 14 heteroatoms. The number of nitrogens with one attached hydrogen (secondary N) is 1. The first-order chi connectivity index (χ1) is 17.8. The van der Waals surface area contributed by atoms with Crippen molar-refractivity contribution in [3.63, 3.8) is 0 Å². The molecule has 1 aliphatic rings. The van der Waals surface area contributed by atoms with Crippen molar-refractivity contribution in [3.8, 4) is 0 Å². The Balaban J connectivity index is 1.67. The molecule has 0 bridgehead atoms. The molecule has 0 fully saturated rings. The highest BCUT2D eigenvalue weighted by Gasteiger charge is 2.44. The minimum atomic E-state index is -5.02. The summed E-state index contributed by atoms with van der Waals surface area (Å²) in [4.78, 5) is 25.6. The van der Waals surface area contributed by atoms with Crippen molar-refractivity contribution < 1.29 is 46.1 Å². The van der Waals surface area contributed by atoms with Gasteiger partial charge in [-0.1, -0.05) is 24.3 Å². The molecule has 1 aliphatic heterocycles. The van der Waals surface area contributed by atoms with Crippen LogP contribution in [-0.2, 0) is 25.4 Å². The van der Waals surface area contributed by atoms with E-state index in [-0.39, 0.29) is 42.1 Å². The minimum absolute atomic E-state index is 0.0370. The van der Waals surface area contributed by atoms with Crippen molar-refractivity contribution in [2.45, 2.75) is 31.5 Å². The van der Waals surface area contributed by atoms with E-state index in [1.165, 1.54) is 41.3 Å². The number of halogens is 6. The summed E-state index contributed by atoms with van der Waals surface area (Å²) in [6.07, 6.45) is -9.64. The van der Waals surface area contributed by atoms with Gasteiger partial charge in [0.25, 0.3) is 5.91 Å². The Hall–Kier alpha value is -4.07. The van der Waals surface area contributed by atoms with Crippen LogP contribution < -0.4 is 10.2 Å². The van der Waals surface area contributed by atoms with E-state index < -0.39 is 53.7 Å². The predicted molar refractivity (Wildman–Crippen MR) is 120 cm³/mol. The van der Waals surface area contributed by atoms with Gasteiger partial charge in [0, 0.05) is 13.1 Å². The molecule has 0 radical (unpaired) electrons. The fourth-order valence-corrected chi connectivity index (χ4v) is 4.20. The first kappa shape index (κ1) is 27.0. The molecule has 3 N–H and O–H groups in total. The molecule has 0 saturated heterocycles. The van der Waals surface area contributed by atoms with E-state index in [9.17, 15) is 41.0 Å². The number of aliphatic hydroxyl groups is 1. The third-order valence-corrected chi connectivity index (χ3v) is 5.98. The van der Waals surface area contributed by atoms with Crippen molar-refractivity contribution in [1.29, 1.82) is 0 Å². The average Bonchev–Trinajstić information content (AvgIpc) is 3.42. The Kier molecular flexibility index (Phi) is 7.10. The standard InChI is InChI=1S/C24H20F6N4O4/c25-23(26,27)16-3-1-2-13(10-16)11-33-8-9-34-21(33)18(19(32-34)24(28,29)30)20(36)31-17(12-35)14-4-6-15(7-5-14)22(37)38/h1-7,10,17,35H,8-9,11-12H2,(H,31,36)(H,37,38). The molecular weight excluding hydrogens is 522 g/mol. The van der Waals surface area contributed by atoms with E-state index in [0.717, 1.165) is 16.8 Å². The summed E-state index contributed by atoms with van der Waals surface area (Å²) < 4.78 is 81.9. The number of aliphatic hydroxyl groups excluding tert-OH is 1. The van der Waals surface area contributed by atoms with Gasteiger partial charge in [0.1, 0.15) is 11.4 Å². The maximum atomic E-state index is 13.9. The smallest absolute Gasteiger partial charge is 0.436 e. The SMILES string of the molecule is O=C(O)c1ccc(C(CO)NC(=O)c2c(C(F)(F)F)nn3c2N(Cc2cccc(C(F)(F)F)c2)CC3)cc1. The second-order valence-corrected chi connectivity index (χ2v) is 8.52. The molecule has 2 heterocycles. The number of benzene rings is 2. The molecule has 202 valence electrons. The fraction of sp³-hybridized carbons (Fsp3) is 0.292. The van der Waals surface area contributed by atoms with Crippen molar-refractivity contribution in [2.24, 2.45) is 0 Å². The Morgan fingerprint density at radius 1 is 1.00 bits per heavy atom. The number of carbonyl (C=O) groups is 2. The Labute approximate surface area is 211 Å². The molecule has 0 spiro atoms. The highest BCUT2D eigenvalue weighted by atomic mass is 19.4. The minimum Gasteiger partial charge on any atom is -0.478 e. The number of alkyl halides is 6. The topological polar surface area (TPSA) is 108 Å². The first-order valence-electron chi connectivity index (χ1n) is 11.1. The van der Waals surface area contributed by atoms with Crippen LogP contribution in [0, 0.1) is 0 Å². The first-order valence-corrected chi connectivity index (χ1v) is 11.1. The van der Waals surface area contributed by atoms with Gasteiger partial charge in [0.05, 0.1) is 30.3 Å². The number of carboxylic acid groups (broad SMARTS) is 1. The molecule has 1 atom stereocenters. The van der Waals surface area contributed by atoms with Crippen molar-refractivity contribution in [3.05, 3.63) is 82.0 Å². The molecular formula is C24H20F6N4O4. The molecule has 8 nitrogen and oxygen atoms in total. The Bertz CT molecular complexity index is 1350. The highest BCUT2D eigenvalue weighted by Crippen LogP contribution is 2.39. The van der Waals surface area contributed by atoms with Crippen molar-refractivity contribution in [1.82, 2.24) is 15.1 Å². The van der Waals surface area contributed by atoms with Crippen LogP contribution in [0.3, 0.4) is 0 Å². The lowest BCUT2D eigenvalue weighted by Crippen LogP contribution is -2.33. The van der Waals surface area contributed by atoms with E-state index in [0.29, 0.717) is 0 Å². The van der Waals surface area contributed by atoms with Crippen LogP contribution in [0.4, 0.5) is 32.2 Å².